The molecule has 0 atom stereocenters. The summed E-state index contributed by atoms with van der Waals surface area (Å²) in [5, 5.41) is 0. The molecule has 114 valence electrons. The van der Waals surface area contributed by atoms with Crippen molar-refractivity contribution in [2.24, 2.45) is 5.73 Å². The van der Waals surface area contributed by atoms with Gasteiger partial charge in [0.15, 0.2) is 0 Å². The van der Waals surface area contributed by atoms with Gasteiger partial charge in [0.1, 0.15) is 5.75 Å². The van der Waals surface area contributed by atoms with Gasteiger partial charge >= 0.3 is 0 Å². The van der Waals surface area contributed by atoms with Gasteiger partial charge in [-0.2, -0.15) is 0 Å². The molecule has 0 spiro atoms. The molecule has 0 aromatic heterocycles. The van der Waals surface area contributed by atoms with Crippen molar-refractivity contribution in [2.45, 2.75) is 26.7 Å². The molecule has 3 nitrogen and oxygen atoms in total. The summed E-state index contributed by atoms with van der Waals surface area (Å²) in [6.45, 7) is 7.76. The van der Waals surface area contributed by atoms with E-state index in [1.54, 1.807) is 0 Å². The maximum Gasteiger partial charge on any atom is 0.123 e. The molecule has 1 aliphatic rings. The van der Waals surface area contributed by atoms with Gasteiger partial charge in [-0.25, -0.2) is 0 Å². The van der Waals surface area contributed by atoms with Gasteiger partial charge in [0, 0.05) is 24.9 Å². The minimum Gasteiger partial charge on any atom is -0.493 e. The predicted molar refractivity (Wildman–Crippen MR) is 89.4 cm³/mol. The third-order valence-electron chi connectivity index (χ3n) is 3.80. The Kier molecular flexibility index (Phi) is 5.88. The fourth-order valence-corrected chi connectivity index (χ4v) is 2.56. The number of nitrogens with zero attached hydrogens (tertiary/aromatic N) is 1. The van der Waals surface area contributed by atoms with Crippen LogP contribution < -0.4 is 10.5 Å². The average molecular weight is 286 g/mol. The highest BCUT2D eigenvalue weighted by Gasteiger charge is 2.14. The van der Waals surface area contributed by atoms with Crippen LogP contribution in [-0.2, 0) is 6.42 Å². The molecule has 0 saturated carbocycles. The van der Waals surface area contributed by atoms with Gasteiger partial charge in [-0.05, 0) is 50.4 Å². The van der Waals surface area contributed by atoms with Crippen molar-refractivity contribution in [3.05, 3.63) is 47.7 Å². The van der Waals surface area contributed by atoms with Gasteiger partial charge in [0.25, 0.3) is 0 Å². The lowest BCUT2D eigenvalue weighted by molar-refractivity contribution is 0.310. The van der Waals surface area contributed by atoms with E-state index in [1.165, 1.54) is 16.7 Å². The highest BCUT2D eigenvalue weighted by molar-refractivity contribution is 5.79. The van der Waals surface area contributed by atoms with Crippen LogP contribution in [0.25, 0.3) is 5.57 Å². The third kappa shape index (κ3) is 3.88. The van der Waals surface area contributed by atoms with Crippen LogP contribution in [0.1, 0.15) is 31.4 Å². The Hall–Kier alpha value is -1.74. The molecule has 0 saturated heterocycles. The highest BCUT2D eigenvalue weighted by atomic mass is 16.5. The van der Waals surface area contributed by atoms with E-state index in [0.717, 1.165) is 31.7 Å². The van der Waals surface area contributed by atoms with Crippen molar-refractivity contribution < 1.29 is 4.74 Å². The number of hydrogen-bond donors (Lipinski definition) is 1. The number of nitrogens with two attached hydrogens (primary N) is 1. The normalized spacial score (nSPS) is 15.1. The van der Waals surface area contributed by atoms with E-state index >= 15 is 0 Å². The summed E-state index contributed by atoms with van der Waals surface area (Å²) in [6, 6.07) is 6.32. The Morgan fingerprint density at radius 1 is 1.29 bits per heavy atom. The lowest BCUT2D eigenvalue weighted by Gasteiger charge is -2.22. The van der Waals surface area contributed by atoms with Crippen LogP contribution in [0.2, 0.25) is 0 Å². The van der Waals surface area contributed by atoms with Crippen molar-refractivity contribution in [1.82, 2.24) is 4.90 Å². The third-order valence-corrected chi connectivity index (χ3v) is 3.80. The topological polar surface area (TPSA) is 38.5 Å². The molecular formula is C18H26N2O. The Labute approximate surface area is 128 Å². The molecule has 0 heterocycles. The molecule has 0 aliphatic heterocycles. The first-order chi connectivity index (χ1) is 10.3. The van der Waals surface area contributed by atoms with Crippen molar-refractivity contribution >= 4 is 5.57 Å². The lowest BCUT2D eigenvalue weighted by atomic mass is 9.92. The zero-order valence-electron chi connectivity index (χ0n) is 13.1. The summed E-state index contributed by atoms with van der Waals surface area (Å²) < 4.78 is 5.90. The minimum absolute atomic E-state index is 0.669. The maximum atomic E-state index is 5.90. The molecule has 3 heteroatoms. The number of ether oxygens (including phenoxy) is 1. The molecule has 2 N–H and O–H groups in total. The van der Waals surface area contributed by atoms with Crippen molar-refractivity contribution in [2.75, 3.05) is 26.2 Å². The van der Waals surface area contributed by atoms with Crippen molar-refractivity contribution in [3.8, 4) is 5.75 Å². The monoisotopic (exact) mass is 286 g/mol. The molecule has 0 bridgehead atoms. The van der Waals surface area contributed by atoms with Crippen LogP contribution in [-0.4, -0.2) is 31.1 Å². The quantitative estimate of drug-likeness (QED) is 0.782. The van der Waals surface area contributed by atoms with E-state index in [0.29, 0.717) is 13.2 Å². The summed E-state index contributed by atoms with van der Waals surface area (Å²) >= 11 is 0. The second kappa shape index (κ2) is 7.89. The van der Waals surface area contributed by atoms with E-state index in [1.807, 2.05) is 0 Å². The average Bonchev–Trinajstić information content (AvgIpc) is 2.53. The van der Waals surface area contributed by atoms with Gasteiger partial charge in [-0.3, -0.25) is 0 Å². The predicted octanol–water partition coefficient (Wildman–Crippen LogP) is 3.21. The molecule has 0 unspecified atom stereocenters. The fourth-order valence-electron chi connectivity index (χ4n) is 2.56. The van der Waals surface area contributed by atoms with Crippen LogP contribution in [0, 0.1) is 0 Å². The summed E-state index contributed by atoms with van der Waals surface area (Å²) in [6.07, 6.45) is 8.50. The summed E-state index contributed by atoms with van der Waals surface area (Å²) in [7, 11) is 0. The van der Waals surface area contributed by atoms with E-state index in [9.17, 15) is 0 Å². The number of allylic oxidation sites excluding steroid dienone is 3. The minimum atomic E-state index is 0.669. The SMILES string of the molecule is CCN(C=C1C=CCc2c(OCCCN)cccc21)CC. The zero-order chi connectivity index (χ0) is 15.1. The number of rotatable bonds is 7. The number of hydrogen-bond acceptors (Lipinski definition) is 3. The number of fused-ring (bicyclic) bond motifs is 1. The van der Waals surface area contributed by atoms with Gasteiger partial charge in [-0.1, -0.05) is 24.3 Å². The molecule has 2 rings (SSSR count). The first-order valence-corrected chi connectivity index (χ1v) is 7.87. The molecule has 0 amide bonds. The van der Waals surface area contributed by atoms with Crippen LogP contribution in [0.5, 0.6) is 5.75 Å². The molecular weight excluding hydrogens is 260 g/mol. The Bertz CT molecular complexity index is 516. The second-order valence-electron chi connectivity index (χ2n) is 5.19. The second-order valence-corrected chi connectivity index (χ2v) is 5.19. The highest BCUT2D eigenvalue weighted by Crippen LogP contribution is 2.32. The van der Waals surface area contributed by atoms with Crippen molar-refractivity contribution in [1.29, 1.82) is 0 Å². The largest absolute Gasteiger partial charge is 0.493 e. The van der Waals surface area contributed by atoms with Crippen LogP contribution in [0.4, 0.5) is 0 Å². The Morgan fingerprint density at radius 2 is 2.10 bits per heavy atom. The molecule has 1 aromatic carbocycles. The Morgan fingerprint density at radius 3 is 2.81 bits per heavy atom. The standard InChI is InChI=1S/C18H26N2O/c1-3-20(4-2)14-15-8-5-10-17-16(15)9-6-11-18(17)21-13-7-12-19/h5-6,8-9,11,14H,3-4,7,10,12-13,19H2,1-2H3. The summed E-state index contributed by atoms with van der Waals surface area (Å²) in [4.78, 5) is 2.32. The Balaban J connectivity index is 2.27. The first kappa shape index (κ1) is 15.6. The first-order valence-electron chi connectivity index (χ1n) is 7.87. The van der Waals surface area contributed by atoms with Crippen molar-refractivity contribution in [3.63, 3.8) is 0 Å². The van der Waals surface area contributed by atoms with E-state index in [2.05, 4.69) is 55.3 Å². The molecule has 1 aromatic rings. The van der Waals surface area contributed by atoms with Crippen LogP contribution in [0.15, 0.2) is 36.6 Å². The van der Waals surface area contributed by atoms with Gasteiger partial charge in [0.2, 0.25) is 0 Å². The molecule has 21 heavy (non-hydrogen) atoms. The van der Waals surface area contributed by atoms with Gasteiger partial charge < -0.3 is 15.4 Å². The fraction of sp³-hybridized carbons (Fsp3) is 0.444. The number of benzene rings is 1. The smallest absolute Gasteiger partial charge is 0.123 e. The zero-order valence-corrected chi connectivity index (χ0v) is 13.1. The maximum absolute atomic E-state index is 5.90. The molecule has 0 fully saturated rings. The van der Waals surface area contributed by atoms with Gasteiger partial charge in [0.05, 0.1) is 6.61 Å². The van der Waals surface area contributed by atoms with E-state index in [-0.39, 0.29) is 0 Å². The van der Waals surface area contributed by atoms with Crippen LogP contribution in [0.3, 0.4) is 0 Å². The summed E-state index contributed by atoms with van der Waals surface area (Å²) in [5.74, 6) is 0.996. The van der Waals surface area contributed by atoms with Crippen LogP contribution >= 0.6 is 0 Å². The summed E-state index contributed by atoms with van der Waals surface area (Å²) in [5.41, 5.74) is 9.37. The van der Waals surface area contributed by atoms with E-state index < -0.39 is 0 Å². The lowest BCUT2D eigenvalue weighted by Crippen LogP contribution is -2.16. The van der Waals surface area contributed by atoms with E-state index in [4.69, 9.17) is 10.5 Å². The van der Waals surface area contributed by atoms with Gasteiger partial charge in [-0.15, -0.1) is 0 Å². The molecule has 1 aliphatic carbocycles. The molecule has 0 radical (unpaired) electrons.